The molecule has 0 aliphatic rings. The predicted octanol–water partition coefficient (Wildman–Crippen LogP) is 5.63. The molecule has 0 bridgehead atoms. The van der Waals surface area contributed by atoms with E-state index in [0.29, 0.717) is 18.6 Å². The molecule has 0 amide bonds. The Bertz CT molecular complexity index is 792. The molecule has 0 radical (unpaired) electrons. The standard InChI is InChI=1S/C26H39BN4/c1-7-14-27(8-2)26(17-20(3)4)31-21(5)24(18-23-12-10-9-11-13-23)30-22(6)25-19-28-15-16-29-25/h9-13,15-16,19-20,24,26,30-31H,5-8,14,17-18H2,1-4H3. The second-order valence-corrected chi connectivity index (χ2v) is 8.82. The minimum Gasteiger partial charge on any atom is -0.392 e. The molecule has 0 spiro atoms. The smallest absolute Gasteiger partial charge is 0.166 e. The van der Waals surface area contributed by atoms with Crippen LogP contribution in [-0.2, 0) is 6.42 Å². The molecule has 1 aromatic heterocycles. The SMILES string of the molecule is C=C(NC(Cc1ccccc1)C(=C)NC(CC(C)C)B(CC)CCC)c1cnccn1. The Balaban J connectivity index is 2.21. The summed E-state index contributed by atoms with van der Waals surface area (Å²) in [5.41, 5.74) is 3.78. The van der Waals surface area contributed by atoms with E-state index in [1.807, 2.05) is 6.07 Å². The van der Waals surface area contributed by atoms with Crippen LogP contribution < -0.4 is 10.6 Å². The van der Waals surface area contributed by atoms with E-state index in [9.17, 15) is 0 Å². The number of nitrogens with one attached hydrogen (secondary N) is 2. The van der Waals surface area contributed by atoms with Gasteiger partial charge in [-0.2, -0.15) is 0 Å². The van der Waals surface area contributed by atoms with Crippen molar-refractivity contribution in [1.82, 2.24) is 20.6 Å². The normalized spacial score (nSPS) is 12.8. The van der Waals surface area contributed by atoms with Gasteiger partial charge in [-0.25, -0.2) is 0 Å². The summed E-state index contributed by atoms with van der Waals surface area (Å²) in [6.07, 6.45) is 10.7. The van der Waals surface area contributed by atoms with E-state index < -0.39 is 0 Å². The van der Waals surface area contributed by atoms with Gasteiger partial charge in [0.25, 0.3) is 0 Å². The molecule has 2 N–H and O–H groups in total. The number of hydrogen-bond acceptors (Lipinski definition) is 4. The van der Waals surface area contributed by atoms with Crippen LogP contribution in [0.25, 0.3) is 5.70 Å². The quantitative estimate of drug-likeness (QED) is 0.391. The van der Waals surface area contributed by atoms with Gasteiger partial charge in [0, 0.05) is 24.0 Å². The zero-order chi connectivity index (χ0) is 22.6. The van der Waals surface area contributed by atoms with Crippen LogP contribution in [0.4, 0.5) is 0 Å². The Kier molecular flexibility index (Phi) is 10.4. The first-order valence-corrected chi connectivity index (χ1v) is 11.7. The van der Waals surface area contributed by atoms with Gasteiger partial charge in [0.15, 0.2) is 6.71 Å². The highest BCUT2D eigenvalue weighted by atomic mass is 15.0. The van der Waals surface area contributed by atoms with Crippen molar-refractivity contribution in [2.45, 2.75) is 71.6 Å². The average Bonchev–Trinajstić information content (AvgIpc) is 2.77. The monoisotopic (exact) mass is 418 g/mol. The molecule has 0 aliphatic heterocycles. The molecule has 0 saturated heterocycles. The van der Waals surface area contributed by atoms with Crippen molar-refractivity contribution in [1.29, 1.82) is 0 Å². The summed E-state index contributed by atoms with van der Waals surface area (Å²) in [5.74, 6) is 1.05. The fourth-order valence-electron chi connectivity index (χ4n) is 4.13. The van der Waals surface area contributed by atoms with E-state index in [1.165, 1.54) is 24.6 Å². The molecule has 1 aromatic carbocycles. The topological polar surface area (TPSA) is 49.8 Å². The number of nitrogens with zero attached hydrogens (tertiary/aromatic N) is 2. The number of rotatable bonds is 14. The molecule has 0 saturated carbocycles. The van der Waals surface area contributed by atoms with Gasteiger partial charge < -0.3 is 10.6 Å². The van der Waals surface area contributed by atoms with E-state index in [0.717, 1.165) is 29.9 Å². The lowest BCUT2D eigenvalue weighted by Crippen LogP contribution is -2.47. The van der Waals surface area contributed by atoms with Gasteiger partial charge >= 0.3 is 0 Å². The van der Waals surface area contributed by atoms with Crippen molar-refractivity contribution in [2.24, 2.45) is 5.92 Å². The fraction of sp³-hybridized carbons (Fsp3) is 0.462. The van der Waals surface area contributed by atoms with Crippen LogP contribution >= 0.6 is 0 Å². The third kappa shape index (κ3) is 8.24. The Morgan fingerprint density at radius 2 is 1.81 bits per heavy atom. The largest absolute Gasteiger partial charge is 0.392 e. The van der Waals surface area contributed by atoms with Gasteiger partial charge in [-0.15, -0.1) is 0 Å². The lowest BCUT2D eigenvalue weighted by Gasteiger charge is -2.32. The van der Waals surface area contributed by atoms with Crippen LogP contribution in [0.1, 0.15) is 51.8 Å². The molecule has 0 fully saturated rings. The molecule has 2 aromatic rings. The van der Waals surface area contributed by atoms with Crippen LogP contribution in [0.2, 0.25) is 12.6 Å². The van der Waals surface area contributed by atoms with Crippen molar-refractivity contribution >= 4 is 12.4 Å². The third-order valence-electron chi connectivity index (χ3n) is 5.77. The van der Waals surface area contributed by atoms with Gasteiger partial charge in [-0.1, -0.05) is 90.2 Å². The molecule has 4 nitrogen and oxygen atoms in total. The lowest BCUT2D eigenvalue weighted by atomic mass is 9.38. The van der Waals surface area contributed by atoms with Crippen LogP contribution in [0.5, 0.6) is 0 Å². The van der Waals surface area contributed by atoms with Crippen molar-refractivity contribution in [3.05, 3.63) is 79.0 Å². The molecular formula is C26H39BN4. The summed E-state index contributed by atoms with van der Waals surface area (Å²) in [6.45, 7) is 18.5. The van der Waals surface area contributed by atoms with Gasteiger partial charge in [0.1, 0.15) is 5.69 Å². The molecule has 2 atom stereocenters. The summed E-state index contributed by atoms with van der Waals surface area (Å²) in [7, 11) is 0. The summed E-state index contributed by atoms with van der Waals surface area (Å²) in [5, 5.41) is 7.40. The van der Waals surface area contributed by atoms with Crippen molar-refractivity contribution < 1.29 is 0 Å². The maximum absolute atomic E-state index is 4.47. The van der Waals surface area contributed by atoms with E-state index in [-0.39, 0.29) is 6.04 Å². The van der Waals surface area contributed by atoms with Gasteiger partial charge in [0.05, 0.1) is 17.9 Å². The van der Waals surface area contributed by atoms with E-state index in [4.69, 9.17) is 0 Å². The van der Waals surface area contributed by atoms with Crippen LogP contribution in [0.15, 0.2) is 67.8 Å². The first-order valence-electron chi connectivity index (χ1n) is 11.7. The van der Waals surface area contributed by atoms with Crippen molar-refractivity contribution in [2.75, 3.05) is 0 Å². The summed E-state index contributed by atoms with van der Waals surface area (Å²) in [6, 6.07) is 10.5. The second-order valence-electron chi connectivity index (χ2n) is 8.82. The average molecular weight is 418 g/mol. The molecule has 5 heteroatoms. The molecular weight excluding hydrogens is 379 g/mol. The summed E-state index contributed by atoms with van der Waals surface area (Å²) < 4.78 is 0. The Hall–Kier alpha value is -2.56. The fourth-order valence-corrected chi connectivity index (χ4v) is 4.13. The maximum Gasteiger partial charge on any atom is 0.166 e. The molecule has 166 valence electrons. The summed E-state index contributed by atoms with van der Waals surface area (Å²) >= 11 is 0. The van der Waals surface area contributed by atoms with Crippen molar-refractivity contribution in [3.8, 4) is 0 Å². The summed E-state index contributed by atoms with van der Waals surface area (Å²) in [4.78, 5) is 8.57. The van der Waals surface area contributed by atoms with E-state index >= 15 is 0 Å². The lowest BCUT2D eigenvalue weighted by molar-refractivity contribution is 0.499. The zero-order valence-corrected chi connectivity index (χ0v) is 19.8. The molecule has 1 heterocycles. The Labute approximate surface area is 189 Å². The minimum absolute atomic E-state index is 0.00528. The van der Waals surface area contributed by atoms with Crippen LogP contribution in [0, 0.1) is 5.92 Å². The van der Waals surface area contributed by atoms with E-state index in [2.05, 4.69) is 85.7 Å². The maximum atomic E-state index is 4.47. The molecule has 31 heavy (non-hydrogen) atoms. The minimum atomic E-state index is 0.00528. The Morgan fingerprint density at radius 3 is 2.39 bits per heavy atom. The highest BCUT2D eigenvalue weighted by Gasteiger charge is 2.26. The zero-order valence-electron chi connectivity index (χ0n) is 19.8. The van der Waals surface area contributed by atoms with Gasteiger partial charge in [-0.3, -0.25) is 9.97 Å². The van der Waals surface area contributed by atoms with Crippen LogP contribution in [0.3, 0.4) is 0 Å². The number of hydrogen-bond donors (Lipinski definition) is 2. The Morgan fingerprint density at radius 1 is 1.06 bits per heavy atom. The molecule has 0 aliphatic carbocycles. The third-order valence-corrected chi connectivity index (χ3v) is 5.77. The second kappa shape index (κ2) is 13.0. The number of aromatic nitrogens is 2. The predicted molar refractivity (Wildman–Crippen MR) is 135 cm³/mol. The molecule has 2 rings (SSSR count). The highest BCUT2D eigenvalue weighted by molar-refractivity contribution is 6.60. The first kappa shape index (κ1) is 24.7. The highest BCUT2D eigenvalue weighted by Crippen LogP contribution is 2.19. The van der Waals surface area contributed by atoms with E-state index in [1.54, 1.807) is 18.6 Å². The molecule has 2 unspecified atom stereocenters. The van der Waals surface area contributed by atoms with Gasteiger partial charge in [-0.05, 0) is 24.3 Å². The van der Waals surface area contributed by atoms with Gasteiger partial charge in [0.2, 0.25) is 0 Å². The number of benzene rings is 1. The van der Waals surface area contributed by atoms with Crippen molar-refractivity contribution in [3.63, 3.8) is 0 Å². The van der Waals surface area contributed by atoms with Crippen LogP contribution in [-0.4, -0.2) is 28.7 Å². The first-order chi connectivity index (χ1) is 14.9.